The van der Waals surface area contributed by atoms with Gasteiger partial charge in [-0.05, 0) is 49.4 Å². The van der Waals surface area contributed by atoms with Crippen LogP contribution in [-0.2, 0) is 12.3 Å². The molecule has 1 aliphatic heterocycles. The summed E-state index contributed by atoms with van der Waals surface area (Å²) in [6.07, 6.45) is -0.347. The summed E-state index contributed by atoms with van der Waals surface area (Å²) in [5, 5.41) is 1.11. The smallest absolute Gasteiger partial charge is 0.262 e. The summed E-state index contributed by atoms with van der Waals surface area (Å²) in [5.74, 6) is 2.48. The lowest BCUT2D eigenvalue weighted by Gasteiger charge is -2.27. The van der Waals surface area contributed by atoms with Crippen molar-refractivity contribution >= 4 is 28.4 Å². The van der Waals surface area contributed by atoms with Gasteiger partial charge in [0.25, 0.3) is 5.56 Å². The van der Waals surface area contributed by atoms with E-state index >= 15 is 0 Å². The predicted octanol–water partition coefficient (Wildman–Crippen LogP) is 4.74. The van der Waals surface area contributed by atoms with E-state index in [1.54, 1.807) is 29.9 Å². The maximum Gasteiger partial charge on any atom is 0.262 e. The summed E-state index contributed by atoms with van der Waals surface area (Å²) in [6.45, 7) is 2.15. The lowest BCUT2D eigenvalue weighted by atomic mass is 10.1. The highest BCUT2D eigenvalue weighted by Crippen LogP contribution is 2.32. The molecule has 1 aromatic heterocycles. The largest absolute Gasteiger partial charge is 0.496 e. The number of benzene rings is 3. The molecular formula is C27H24N2O5S. The molecule has 2 heterocycles. The Labute approximate surface area is 206 Å². The first-order valence-electron chi connectivity index (χ1n) is 11.2. The summed E-state index contributed by atoms with van der Waals surface area (Å²) in [6, 6.07) is 20.2. The van der Waals surface area contributed by atoms with E-state index in [0.717, 1.165) is 5.56 Å². The van der Waals surface area contributed by atoms with Crippen LogP contribution >= 0.6 is 11.8 Å². The summed E-state index contributed by atoms with van der Waals surface area (Å²) in [7, 11) is 1.60. The summed E-state index contributed by atoms with van der Waals surface area (Å²) in [5.41, 5.74) is 1.96. The Hall–Kier alpha value is -3.78. The predicted molar refractivity (Wildman–Crippen MR) is 135 cm³/mol. The van der Waals surface area contributed by atoms with Gasteiger partial charge in [-0.15, -0.1) is 0 Å². The maximum atomic E-state index is 13.5. The van der Waals surface area contributed by atoms with Crippen LogP contribution in [0.15, 0.2) is 76.7 Å². The first-order valence-corrected chi connectivity index (χ1v) is 12.2. The molecule has 0 N–H and O–H groups in total. The molecule has 0 radical (unpaired) electrons. The average molecular weight is 489 g/mol. The fourth-order valence-electron chi connectivity index (χ4n) is 4.03. The minimum Gasteiger partial charge on any atom is -0.496 e. The van der Waals surface area contributed by atoms with Crippen molar-refractivity contribution in [1.29, 1.82) is 0 Å². The van der Waals surface area contributed by atoms with Crippen molar-refractivity contribution in [3.63, 3.8) is 0 Å². The van der Waals surface area contributed by atoms with E-state index in [9.17, 15) is 9.59 Å². The molecule has 178 valence electrons. The number of hydrogen-bond acceptors (Lipinski definition) is 7. The molecule has 1 aliphatic rings. The van der Waals surface area contributed by atoms with Crippen LogP contribution in [0.1, 0.15) is 22.8 Å². The molecule has 0 saturated heterocycles. The van der Waals surface area contributed by atoms with E-state index in [4.69, 9.17) is 19.2 Å². The highest BCUT2D eigenvalue weighted by atomic mass is 32.2. The van der Waals surface area contributed by atoms with Crippen LogP contribution in [0.5, 0.6) is 17.2 Å². The second kappa shape index (κ2) is 9.84. The molecule has 5 rings (SSSR count). The highest BCUT2D eigenvalue weighted by molar-refractivity contribution is 7.98. The second-order valence-corrected chi connectivity index (χ2v) is 9.14. The van der Waals surface area contributed by atoms with Gasteiger partial charge in [0, 0.05) is 16.9 Å². The molecule has 0 fully saturated rings. The normalized spacial score (nSPS) is 14.6. The first-order chi connectivity index (χ1) is 17.0. The molecule has 0 saturated carbocycles. The number of thioether (sulfide) groups is 1. The van der Waals surface area contributed by atoms with Gasteiger partial charge in [0.1, 0.15) is 12.4 Å². The third-order valence-electron chi connectivity index (χ3n) is 5.82. The summed E-state index contributed by atoms with van der Waals surface area (Å²) >= 11 is 1.42. The van der Waals surface area contributed by atoms with Crippen LogP contribution < -0.4 is 19.8 Å². The molecule has 4 aromatic rings. The van der Waals surface area contributed by atoms with Crippen molar-refractivity contribution in [2.24, 2.45) is 0 Å². The monoisotopic (exact) mass is 488 g/mol. The fraction of sp³-hybridized carbons (Fsp3) is 0.222. The van der Waals surface area contributed by atoms with Gasteiger partial charge in [0.2, 0.25) is 0 Å². The van der Waals surface area contributed by atoms with Crippen LogP contribution in [0.2, 0.25) is 0 Å². The van der Waals surface area contributed by atoms with Gasteiger partial charge in [-0.1, -0.05) is 36.0 Å². The zero-order valence-corrected chi connectivity index (χ0v) is 20.2. The van der Waals surface area contributed by atoms with Gasteiger partial charge in [0.15, 0.2) is 28.5 Å². The zero-order valence-electron chi connectivity index (χ0n) is 19.4. The van der Waals surface area contributed by atoms with Gasteiger partial charge in [-0.25, -0.2) is 4.98 Å². The molecule has 0 aliphatic carbocycles. The quantitative estimate of drug-likeness (QED) is 0.211. The van der Waals surface area contributed by atoms with Crippen LogP contribution in [0, 0.1) is 0 Å². The Bertz CT molecular complexity index is 1470. The van der Waals surface area contributed by atoms with Crippen molar-refractivity contribution in [2.75, 3.05) is 13.7 Å². The lowest BCUT2D eigenvalue weighted by Crippen LogP contribution is -2.37. The topological polar surface area (TPSA) is 79.7 Å². The van der Waals surface area contributed by atoms with Crippen LogP contribution in [0.4, 0.5) is 0 Å². The average Bonchev–Trinajstić information content (AvgIpc) is 2.89. The number of carbonyl (C=O) groups excluding carboxylic acids is 1. The Morgan fingerprint density at radius 3 is 2.69 bits per heavy atom. The molecule has 3 aromatic carbocycles. The number of fused-ring (bicyclic) bond motifs is 2. The molecule has 0 spiro atoms. The van der Waals surface area contributed by atoms with Gasteiger partial charge >= 0.3 is 0 Å². The molecule has 0 bridgehead atoms. The second-order valence-electron chi connectivity index (χ2n) is 8.20. The third kappa shape index (κ3) is 4.74. The van der Waals surface area contributed by atoms with Gasteiger partial charge in [0.05, 0.1) is 24.6 Å². The van der Waals surface area contributed by atoms with Crippen molar-refractivity contribution < 1.29 is 19.0 Å². The molecule has 0 unspecified atom stereocenters. The number of methoxy groups -OCH3 is 1. The van der Waals surface area contributed by atoms with E-state index in [1.165, 1.54) is 18.7 Å². The number of nitrogens with zero attached hydrogens (tertiary/aromatic N) is 2. The summed E-state index contributed by atoms with van der Waals surface area (Å²) < 4.78 is 19.1. The maximum absolute atomic E-state index is 13.5. The van der Waals surface area contributed by atoms with Gasteiger partial charge < -0.3 is 14.2 Å². The highest BCUT2D eigenvalue weighted by Gasteiger charge is 2.24. The van der Waals surface area contributed by atoms with E-state index in [-0.39, 0.29) is 24.0 Å². The van der Waals surface area contributed by atoms with E-state index in [2.05, 4.69) is 0 Å². The number of rotatable bonds is 7. The first kappa shape index (κ1) is 23.0. The molecule has 35 heavy (non-hydrogen) atoms. The lowest BCUT2D eigenvalue weighted by molar-refractivity contribution is 0.0757. The number of aromatic nitrogens is 2. The minimum atomic E-state index is -0.347. The van der Waals surface area contributed by atoms with Crippen molar-refractivity contribution in [1.82, 2.24) is 9.55 Å². The van der Waals surface area contributed by atoms with Crippen molar-refractivity contribution in [2.45, 2.75) is 30.5 Å². The molecule has 8 heteroatoms. The van der Waals surface area contributed by atoms with Gasteiger partial charge in [-0.2, -0.15) is 0 Å². The van der Waals surface area contributed by atoms with E-state index in [1.807, 2.05) is 48.5 Å². The van der Waals surface area contributed by atoms with Crippen LogP contribution in [-0.4, -0.2) is 35.2 Å². The zero-order chi connectivity index (χ0) is 24.4. The molecular weight excluding hydrogens is 464 g/mol. The third-order valence-corrected chi connectivity index (χ3v) is 6.85. The number of para-hydroxylation sites is 3. The number of carbonyl (C=O) groups is 1. The summed E-state index contributed by atoms with van der Waals surface area (Å²) in [4.78, 5) is 30.2. The SMILES string of the molecule is COc1ccc(C(C)=O)cc1CSc1nc2ccccc2c(=O)n1C[C@@H]1COc2ccccc2O1. The molecule has 1 atom stereocenters. The Balaban J connectivity index is 1.48. The van der Waals surface area contributed by atoms with Gasteiger partial charge in [-0.3, -0.25) is 14.2 Å². The van der Waals surface area contributed by atoms with E-state index < -0.39 is 0 Å². The number of Topliss-reactive ketones (excluding diaryl/α,β-unsaturated/α-hetero) is 1. The van der Waals surface area contributed by atoms with Crippen LogP contribution in [0.3, 0.4) is 0 Å². The number of ether oxygens (including phenoxy) is 3. The van der Waals surface area contributed by atoms with Crippen LogP contribution in [0.25, 0.3) is 10.9 Å². The molecule has 0 amide bonds. The Morgan fingerprint density at radius 2 is 1.89 bits per heavy atom. The number of ketones is 1. The number of hydrogen-bond donors (Lipinski definition) is 0. The minimum absolute atomic E-state index is 0.0191. The van der Waals surface area contributed by atoms with Crippen molar-refractivity contribution in [3.05, 3.63) is 88.2 Å². The fourth-order valence-corrected chi connectivity index (χ4v) is 5.01. The van der Waals surface area contributed by atoms with Crippen molar-refractivity contribution in [3.8, 4) is 17.2 Å². The Kier molecular flexibility index (Phi) is 6.46. The molecule has 7 nitrogen and oxygen atoms in total. The van der Waals surface area contributed by atoms with E-state index in [0.29, 0.717) is 51.2 Å². The standard InChI is InChI=1S/C27H24N2O5S/c1-17(30)18-11-12-23(32-2)19(13-18)16-35-27-28-22-8-4-3-7-21(22)26(31)29(27)14-20-15-33-24-9-5-6-10-25(24)34-20/h3-13,20H,14-16H2,1-2H3/t20-/m1/s1. The Morgan fingerprint density at radius 1 is 1.11 bits per heavy atom.